The minimum atomic E-state index is 0.545. The number of rotatable bonds is 5. The summed E-state index contributed by atoms with van der Waals surface area (Å²) >= 11 is 0. The van der Waals surface area contributed by atoms with E-state index >= 15 is 0 Å². The first-order chi connectivity index (χ1) is 27.3. The Balaban J connectivity index is 1.18. The van der Waals surface area contributed by atoms with Crippen LogP contribution in [0.25, 0.3) is 111 Å². The minimum absolute atomic E-state index is 0.545. The van der Waals surface area contributed by atoms with E-state index in [1.54, 1.807) is 0 Å². The van der Waals surface area contributed by atoms with Crippen LogP contribution in [0.4, 0.5) is 0 Å². The molecule has 11 aromatic rings. The molecule has 0 radical (unpaired) electrons. The van der Waals surface area contributed by atoms with Crippen LogP contribution in [0, 0.1) is 0 Å². The molecule has 4 aromatic heterocycles. The number of benzene rings is 7. The third-order valence-corrected chi connectivity index (χ3v) is 10.4. The van der Waals surface area contributed by atoms with Gasteiger partial charge >= 0.3 is 0 Å². The summed E-state index contributed by atoms with van der Waals surface area (Å²) in [4.78, 5) is 24.7. The lowest BCUT2D eigenvalue weighted by Crippen LogP contribution is -2.00. The molecule has 6 heteroatoms. The number of aromatic nitrogens is 5. The molecule has 11 rings (SSSR count). The molecule has 0 fully saturated rings. The Kier molecular flexibility index (Phi) is 7.07. The molecule has 0 unspecified atom stereocenters. The van der Waals surface area contributed by atoms with Gasteiger partial charge in [-0.1, -0.05) is 127 Å². The second-order valence-electron chi connectivity index (χ2n) is 13.6. The lowest BCUT2D eigenvalue weighted by molar-refractivity contribution is 0.669. The highest BCUT2D eigenvalue weighted by Gasteiger charge is 2.21. The molecule has 0 amide bonds. The monoisotopic (exact) mass is 703 g/mol. The van der Waals surface area contributed by atoms with Crippen molar-refractivity contribution in [1.29, 1.82) is 0 Å². The van der Waals surface area contributed by atoms with Crippen molar-refractivity contribution in [1.82, 2.24) is 24.9 Å². The fourth-order valence-electron chi connectivity index (χ4n) is 7.86. The highest BCUT2D eigenvalue weighted by atomic mass is 16.3. The van der Waals surface area contributed by atoms with Gasteiger partial charge in [0, 0.05) is 45.1 Å². The van der Waals surface area contributed by atoms with Crippen LogP contribution < -0.4 is 0 Å². The molecular weight excluding hydrogens is 675 g/mol. The van der Waals surface area contributed by atoms with Gasteiger partial charge in [0.15, 0.2) is 17.5 Å². The first-order valence-electron chi connectivity index (χ1n) is 18.2. The van der Waals surface area contributed by atoms with E-state index in [2.05, 4.69) is 78.9 Å². The number of para-hydroxylation sites is 1. The van der Waals surface area contributed by atoms with Gasteiger partial charge < -0.3 is 4.42 Å². The van der Waals surface area contributed by atoms with Gasteiger partial charge in [-0.15, -0.1) is 0 Å². The van der Waals surface area contributed by atoms with Gasteiger partial charge in [-0.3, -0.25) is 9.97 Å². The molecule has 0 saturated heterocycles. The Hall–Kier alpha value is -7.57. The predicted octanol–water partition coefficient (Wildman–Crippen LogP) is 12.4. The van der Waals surface area contributed by atoms with Crippen molar-refractivity contribution in [3.05, 3.63) is 176 Å². The molecule has 55 heavy (non-hydrogen) atoms. The standard InChI is InChI=1S/C49H29N5O/c1-3-13-30(14-4-1)47-52-48(31-15-5-2-6-16-31)54-49(53-47)42-29-33(28-41-38-20-9-10-22-43(38)55-46(41)42)34-23-24-37(36-19-8-7-18-35(34)36)40-27-32-17-11-25-50-44(32)45-39(40)21-12-26-51-45/h1-29H. The second kappa shape index (κ2) is 12.5. The number of pyridine rings is 2. The van der Waals surface area contributed by atoms with Gasteiger partial charge in [-0.05, 0) is 69.4 Å². The van der Waals surface area contributed by atoms with Gasteiger partial charge in [-0.2, -0.15) is 0 Å². The van der Waals surface area contributed by atoms with Crippen molar-refractivity contribution in [2.45, 2.75) is 0 Å². The summed E-state index contributed by atoms with van der Waals surface area (Å²) in [5.74, 6) is 1.74. The average molecular weight is 704 g/mol. The van der Waals surface area contributed by atoms with Crippen LogP contribution in [-0.2, 0) is 0 Å². The fraction of sp³-hybridized carbons (Fsp3) is 0. The summed E-state index contributed by atoms with van der Waals surface area (Å²) in [6, 6.07) is 56.3. The van der Waals surface area contributed by atoms with Crippen molar-refractivity contribution >= 4 is 54.5 Å². The van der Waals surface area contributed by atoms with Gasteiger partial charge in [0.1, 0.15) is 11.2 Å². The SMILES string of the molecule is c1ccc(-c2nc(-c3ccccc3)nc(-c3cc(-c4ccc(-c5cc6cccnc6c6ncccc56)c5ccccc45)cc4c3oc3ccccc34)n2)cc1. The van der Waals surface area contributed by atoms with E-state index in [0.29, 0.717) is 17.5 Å². The van der Waals surface area contributed by atoms with Crippen LogP contribution in [0.15, 0.2) is 181 Å². The van der Waals surface area contributed by atoms with E-state index in [-0.39, 0.29) is 0 Å². The Morgan fingerprint density at radius 3 is 1.67 bits per heavy atom. The van der Waals surface area contributed by atoms with E-state index < -0.39 is 0 Å². The number of hydrogen-bond donors (Lipinski definition) is 0. The molecule has 0 aliphatic carbocycles. The van der Waals surface area contributed by atoms with Crippen LogP contribution in [0.1, 0.15) is 0 Å². The van der Waals surface area contributed by atoms with Crippen molar-refractivity contribution in [2.75, 3.05) is 0 Å². The average Bonchev–Trinajstić information content (AvgIpc) is 3.64. The van der Waals surface area contributed by atoms with Crippen molar-refractivity contribution < 1.29 is 4.42 Å². The van der Waals surface area contributed by atoms with Gasteiger partial charge in [0.2, 0.25) is 0 Å². The van der Waals surface area contributed by atoms with E-state index in [9.17, 15) is 0 Å². The van der Waals surface area contributed by atoms with Crippen LogP contribution in [-0.4, -0.2) is 24.9 Å². The molecule has 7 aromatic carbocycles. The third kappa shape index (κ3) is 5.15. The molecule has 0 N–H and O–H groups in total. The minimum Gasteiger partial charge on any atom is -0.455 e. The smallest absolute Gasteiger partial charge is 0.167 e. The summed E-state index contributed by atoms with van der Waals surface area (Å²) in [6.45, 7) is 0. The molecule has 0 saturated carbocycles. The third-order valence-electron chi connectivity index (χ3n) is 10.4. The number of fused-ring (bicyclic) bond motifs is 7. The summed E-state index contributed by atoms with van der Waals surface area (Å²) in [5, 5.41) is 6.43. The highest BCUT2D eigenvalue weighted by Crippen LogP contribution is 2.43. The first-order valence-corrected chi connectivity index (χ1v) is 18.2. The zero-order valence-corrected chi connectivity index (χ0v) is 29.4. The second-order valence-corrected chi connectivity index (χ2v) is 13.6. The van der Waals surface area contributed by atoms with Gasteiger partial charge in [0.05, 0.1) is 16.6 Å². The quantitative estimate of drug-likeness (QED) is 0.166. The van der Waals surface area contributed by atoms with Crippen molar-refractivity contribution in [2.24, 2.45) is 0 Å². The normalized spacial score (nSPS) is 11.6. The maximum Gasteiger partial charge on any atom is 0.167 e. The number of furan rings is 1. The maximum atomic E-state index is 6.65. The molecular formula is C49H29N5O. The van der Waals surface area contributed by atoms with Crippen molar-refractivity contribution in [3.8, 4) is 56.4 Å². The van der Waals surface area contributed by atoms with E-state index in [1.165, 1.54) is 0 Å². The Labute approximate surface area is 315 Å². The molecule has 0 aliphatic heterocycles. The molecule has 0 atom stereocenters. The van der Waals surface area contributed by atoms with Gasteiger partial charge in [-0.25, -0.2) is 15.0 Å². The molecule has 256 valence electrons. The van der Waals surface area contributed by atoms with Gasteiger partial charge in [0.25, 0.3) is 0 Å². The van der Waals surface area contributed by atoms with Crippen LogP contribution in [0.3, 0.4) is 0 Å². The van der Waals surface area contributed by atoms with Crippen LogP contribution in [0.2, 0.25) is 0 Å². The van der Waals surface area contributed by atoms with Crippen LogP contribution >= 0.6 is 0 Å². The maximum absolute atomic E-state index is 6.65. The Morgan fingerprint density at radius 1 is 0.345 bits per heavy atom. The van der Waals surface area contributed by atoms with E-state index in [4.69, 9.17) is 29.3 Å². The zero-order valence-electron chi connectivity index (χ0n) is 29.4. The van der Waals surface area contributed by atoms with E-state index in [1.807, 2.05) is 97.3 Å². The number of hydrogen-bond acceptors (Lipinski definition) is 6. The number of nitrogens with zero attached hydrogens (tertiary/aromatic N) is 5. The topological polar surface area (TPSA) is 77.6 Å². The van der Waals surface area contributed by atoms with Crippen LogP contribution in [0.5, 0.6) is 0 Å². The first kappa shape index (κ1) is 31.0. The van der Waals surface area contributed by atoms with Crippen molar-refractivity contribution in [3.63, 3.8) is 0 Å². The summed E-state index contributed by atoms with van der Waals surface area (Å²) < 4.78 is 6.65. The summed E-state index contributed by atoms with van der Waals surface area (Å²) in [5.41, 5.74) is 10.4. The lowest BCUT2D eigenvalue weighted by atomic mass is 9.89. The Morgan fingerprint density at radius 2 is 0.927 bits per heavy atom. The highest BCUT2D eigenvalue weighted by molar-refractivity contribution is 6.16. The molecule has 4 heterocycles. The lowest BCUT2D eigenvalue weighted by Gasteiger charge is -2.15. The predicted molar refractivity (Wildman–Crippen MR) is 222 cm³/mol. The fourth-order valence-corrected chi connectivity index (χ4v) is 7.86. The molecule has 0 aliphatic rings. The Bertz CT molecular complexity index is 3210. The van der Waals surface area contributed by atoms with E-state index in [0.717, 1.165) is 93.5 Å². The largest absolute Gasteiger partial charge is 0.455 e. The molecule has 6 nitrogen and oxygen atoms in total. The zero-order chi connectivity index (χ0) is 36.3. The molecule has 0 spiro atoms. The molecule has 0 bridgehead atoms. The summed E-state index contributed by atoms with van der Waals surface area (Å²) in [7, 11) is 0. The summed E-state index contributed by atoms with van der Waals surface area (Å²) in [6.07, 6.45) is 3.67.